The van der Waals surface area contributed by atoms with Gasteiger partial charge in [0.2, 0.25) is 0 Å². The Morgan fingerprint density at radius 1 is 0.500 bits per heavy atom. The molecule has 0 saturated carbocycles. The number of benzene rings is 5. The lowest BCUT2D eigenvalue weighted by Crippen LogP contribution is -2.27. The molecule has 3 heterocycles. The zero-order valence-corrected chi connectivity index (χ0v) is 40.3. The highest BCUT2D eigenvalue weighted by molar-refractivity contribution is 6.10. The van der Waals surface area contributed by atoms with E-state index in [9.17, 15) is 0 Å². The first-order valence-corrected chi connectivity index (χ1v) is 23.7. The second-order valence-corrected chi connectivity index (χ2v) is 23.3. The van der Waals surface area contributed by atoms with Gasteiger partial charge in [0.05, 0.1) is 36.3 Å². The first kappa shape index (κ1) is 40.2. The Morgan fingerprint density at radius 3 is 1.47 bits per heavy atom. The molecule has 1 aromatic heterocycles. The smallest absolute Gasteiger partial charge is 0.172 e. The van der Waals surface area contributed by atoms with Gasteiger partial charge in [-0.05, 0) is 160 Å². The Morgan fingerprint density at radius 2 is 0.909 bits per heavy atom. The zero-order valence-electron chi connectivity index (χ0n) is 40.3. The molecule has 0 amide bonds. The average molecular weight is 874 g/mol. The maximum absolute atomic E-state index is 6.88. The molecular weight excluding hydrogens is 817 g/mol. The summed E-state index contributed by atoms with van der Waals surface area (Å²) in [4.78, 5) is 15.9. The molecule has 2 spiro atoms. The van der Waals surface area contributed by atoms with Crippen LogP contribution in [0.4, 0.5) is 11.4 Å². The minimum absolute atomic E-state index is 0.0468. The van der Waals surface area contributed by atoms with E-state index in [0.717, 1.165) is 87.8 Å². The number of nitrogens with zero attached hydrogens (tertiary/aromatic N) is 4. The SMILES string of the molecule is COc1cc2c(cc1OC)C1(CC2(C)C)CC(C)(C)c2cc3c(cc21)Oc1cc2nc4cc5c(cc4nc2cc1O3)C(C)(C)CC51CC(C)(C)c2cc3c(cc21)[N-]C1C=C(C)C(C)=CC1=N3. The predicted molar refractivity (Wildman–Crippen MR) is 263 cm³/mol. The molecular formula is C58H57N4O4-. The van der Waals surface area contributed by atoms with Crippen molar-refractivity contribution in [3.05, 3.63) is 134 Å². The van der Waals surface area contributed by atoms with Crippen LogP contribution in [0.15, 0.2) is 89.0 Å². The van der Waals surface area contributed by atoms with E-state index >= 15 is 0 Å². The molecule has 334 valence electrons. The standard InChI is InChI=1S/C58H57N4O4/c1-29-13-39-40(14-30(29)2)60-43-17-35-31(15-41(43)59-39)53(3,4)25-57(35)26-54(5,6)32-16-42-44(18-36(32)57)62-46-24-52-51(23-45(46)61-42)65-49-20-34-38(22-50(49)66-52)58(28-56(34,9)10)27-55(7,8)33-19-47(63-11)48(64-12)21-37(33)58/h13-24,40H,25-28H2,1-12H3/q-1. The van der Waals surface area contributed by atoms with Gasteiger partial charge in [0.15, 0.2) is 34.5 Å². The van der Waals surface area contributed by atoms with Crippen LogP contribution in [-0.4, -0.2) is 35.9 Å². The van der Waals surface area contributed by atoms with Crippen LogP contribution in [0, 0.1) is 0 Å². The van der Waals surface area contributed by atoms with Crippen molar-refractivity contribution in [3.8, 4) is 34.5 Å². The van der Waals surface area contributed by atoms with E-state index < -0.39 is 0 Å². The van der Waals surface area contributed by atoms with Crippen LogP contribution in [0.25, 0.3) is 27.4 Å². The van der Waals surface area contributed by atoms with Gasteiger partial charge in [0.1, 0.15) is 0 Å². The second-order valence-electron chi connectivity index (χ2n) is 23.3. The summed E-state index contributed by atoms with van der Waals surface area (Å²) in [5.41, 5.74) is 18.8. The Bertz CT molecular complexity index is 3370. The number of rotatable bonds is 2. The zero-order chi connectivity index (χ0) is 45.8. The van der Waals surface area contributed by atoms with Gasteiger partial charge in [-0.2, -0.15) is 0 Å². The molecule has 0 N–H and O–H groups in total. The first-order valence-electron chi connectivity index (χ1n) is 23.7. The van der Waals surface area contributed by atoms with Crippen LogP contribution in [-0.2, 0) is 32.5 Å². The van der Waals surface area contributed by atoms with Gasteiger partial charge in [-0.1, -0.05) is 79.1 Å². The summed E-state index contributed by atoms with van der Waals surface area (Å²) in [5, 5.41) is 5.32. The van der Waals surface area contributed by atoms with E-state index in [1.165, 1.54) is 55.7 Å². The van der Waals surface area contributed by atoms with Crippen molar-refractivity contribution in [2.45, 2.75) is 133 Å². The fourth-order valence-corrected chi connectivity index (χ4v) is 14.3. The van der Waals surface area contributed by atoms with Crippen molar-refractivity contribution in [2.24, 2.45) is 4.99 Å². The van der Waals surface area contributed by atoms with Crippen molar-refractivity contribution in [1.82, 2.24) is 9.97 Å². The molecule has 5 aliphatic carbocycles. The number of fused-ring (bicyclic) bond motifs is 14. The lowest BCUT2D eigenvalue weighted by molar-refractivity contribution is 0.347. The first-order chi connectivity index (χ1) is 31.2. The van der Waals surface area contributed by atoms with E-state index in [-0.39, 0.29) is 38.5 Å². The van der Waals surface area contributed by atoms with E-state index in [2.05, 4.69) is 130 Å². The van der Waals surface area contributed by atoms with Crippen molar-refractivity contribution in [2.75, 3.05) is 14.2 Å². The fourth-order valence-electron chi connectivity index (χ4n) is 14.3. The molecule has 0 bridgehead atoms. The quantitative estimate of drug-likeness (QED) is 0.161. The summed E-state index contributed by atoms with van der Waals surface area (Å²) in [6.07, 6.45) is 8.41. The number of aromatic nitrogens is 2. The molecule has 7 aliphatic rings. The van der Waals surface area contributed by atoms with Gasteiger partial charge in [0.25, 0.3) is 0 Å². The number of hydrogen-bond acceptors (Lipinski definition) is 7. The predicted octanol–water partition coefficient (Wildman–Crippen LogP) is 14.4. The Hall–Kier alpha value is -6.15. The lowest BCUT2D eigenvalue weighted by atomic mass is 9.72. The Kier molecular flexibility index (Phi) is 7.56. The Labute approximate surface area is 387 Å². The van der Waals surface area contributed by atoms with Gasteiger partial charge >= 0.3 is 0 Å². The molecule has 8 heteroatoms. The summed E-state index contributed by atoms with van der Waals surface area (Å²) in [7, 11) is 3.44. The normalized spacial score (nSPS) is 25.5. The van der Waals surface area contributed by atoms with E-state index in [4.69, 9.17) is 39.2 Å². The van der Waals surface area contributed by atoms with Crippen molar-refractivity contribution in [3.63, 3.8) is 0 Å². The average Bonchev–Trinajstić information content (AvgIpc) is 3.80. The monoisotopic (exact) mass is 873 g/mol. The largest absolute Gasteiger partial charge is 0.672 e. The molecule has 5 aromatic carbocycles. The lowest BCUT2D eigenvalue weighted by Gasteiger charge is -2.40. The maximum atomic E-state index is 6.88. The third-order valence-corrected chi connectivity index (χ3v) is 17.0. The Balaban J connectivity index is 0.906. The summed E-state index contributed by atoms with van der Waals surface area (Å²) < 4.78 is 25.4. The molecule has 13 rings (SSSR count). The van der Waals surface area contributed by atoms with E-state index in [1.54, 1.807) is 14.2 Å². The van der Waals surface area contributed by atoms with Gasteiger partial charge in [0, 0.05) is 34.4 Å². The van der Waals surface area contributed by atoms with Crippen LogP contribution >= 0.6 is 0 Å². The fraction of sp³-hybridized carbons (Fsp3) is 0.397. The molecule has 0 radical (unpaired) electrons. The van der Waals surface area contributed by atoms with Gasteiger partial charge < -0.3 is 24.3 Å². The highest BCUT2D eigenvalue weighted by Crippen LogP contribution is 2.67. The van der Waals surface area contributed by atoms with Crippen LogP contribution in [0.5, 0.6) is 34.5 Å². The van der Waals surface area contributed by atoms with E-state index in [1.807, 2.05) is 12.1 Å². The molecule has 66 heavy (non-hydrogen) atoms. The van der Waals surface area contributed by atoms with Crippen LogP contribution in [0.2, 0.25) is 0 Å². The third kappa shape index (κ3) is 5.19. The number of hydrogen-bond donors (Lipinski definition) is 0. The molecule has 3 atom stereocenters. The number of allylic oxidation sites excluding steroid dienone is 2. The van der Waals surface area contributed by atoms with Crippen LogP contribution in [0.3, 0.4) is 0 Å². The summed E-state index contributed by atoms with van der Waals surface area (Å²) >= 11 is 0. The molecule has 0 saturated heterocycles. The highest BCUT2D eigenvalue weighted by Gasteiger charge is 2.58. The van der Waals surface area contributed by atoms with Gasteiger partial charge in [-0.3, -0.25) is 4.99 Å². The summed E-state index contributed by atoms with van der Waals surface area (Å²) in [5.74, 6) is 4.28. The molecule has 3 unspecified atom stereocenters. The molecule has 0 fully saturated rings. The third-order valence-electron chi connectivity index (χ3n) is 17.0. The topological polar surface area (TPSA) is 89.2 Å². The van der Waals surface area contributed by atoms with Crippen molar-refractivity contribution < 1.29 is 18.9 Å². The van der Waals surface area contributed by atoms with Gasteiger partial charge in [-0.25, -0.2) is 9.97 Å². The number of aliphatic imine (C=N–C) groups is 1. The van der Waals surface area contributed by atoms with Gasteiger partial charge in [-0.15, -0.1) is 5.69 Å². The minimum Gasteiger partial charge on any atom is -0.672 e. The van der Waals surface area contributed by atoms with Crippen LogP contribution in [0.1, 0.15) is 139 Å². The highest BCUT2D eigenvalue weighted by atomic mass is 16.6. The second kappa shape index (κ2) is 12.4. The van der Waals surface area contributed by atoms with E-state index in [0.29, 0.717) is 11.5 Å². The number of ether oxygens (including phenoxy) is 4. The molecule has 8 nitrogen and oxygen atoms in total. The summed E-state index contributed by atoms with van der Waals surface area (Å²) in [6, 6.07) is 22.3. The summed E-state index contributed by atoms with van der Waals surface area (Å²) in [6.45, 7) is 23.3. The minimum atomic E-state index is -0.223. The number of methoxy groups -OCH3 is 2. The van der Waals surface area contributed by atoms with Crippen molar-refractivity contribution >= 4 is 39.2 Å². The van der Waals surface area contributed by atoms with Crippen LogP contribution < -0.4 is 18.9 Å². The van der Waals surface area contributed by atoms with Crippen molar-refractivity contribution in [1.29, 1.82) is 0 Å². The maximum Gasteiger partial charge on any atom is 0.172 e. The molecule has 2 aliphatic heterocycles. The molecule has 6 aromatic rings.